The van der Waals surface area contributed by atoms with Crippen LogP contribution in [0.25, 0.3) is 0 Å². The predicted molar refractivity (Wildman–Crippen MR) is 113 cm³/mol. The van der Waals surface area contributed by atoms with Crippen LogP contribution in [0, 0.1) is 5.92 Å². The molecule has 0 saturated carbocycles. The number of carbonyl (C=O) groups is 1. The van der Waals surface area contributed by atoms with Gasteiger partial charge in [0.2, 0.25) is 5.56 Å². The van der Waals surface area contributed by atoms with Crippen LogP contribution in [0.15, 0.2) is 47.3 Å². The SMILES string of the molecule is CCc1cc(C(=O)N(CCc2ccccc2)CC2CCN(C)CC2)cc(=O)[nH]1. The minimum Gasteiger partial charge on any atom is -0.338 e. The lowest BCUT2D eigenvalue weighted by atomic mass is 9.96. The highest BCUT2D eigenvalue weighted by atomic mass is 16.2. The van der Waals surface area contributed by atoms with Gasteiger partial charge in [0.05, 0.1) is 0 Å². The molecule has 1 amide bonds. The van der Waals surface area contributed by atoms with Crippen LogP contribution in [0.4, 0.5) is 0 Å². The van der Waals surface area contributed by atoms with Gasteiger partial charge in [0, 0.05) is 30.4 Å². The fourth-order valence-corrected chi connectivity index (χ4v) is 3.84. The Labute approximate surface area is 167 Å². The van der Waals surface area contributed by atoms with E-state index in [2.05, 4.69) is 29.1 Å². The third-order valence-corrected chi connectivity index (χ3v) is 5.65. The van der Waals surface area contributed by atoms with Gasteiger partial charge in [0.15, 0.2) is 0 Å². The first-order valence-electron chi connectivity index (χ1n) is 10.3. The summed E-state index contributed by atoms with van der Waals surface area (Å²) in [6, 6.07) is 13.5. The van der Waals surface area contributed by atoms with Crippen molar-refractivity contribution in [1.82, 2.24) is 14.8 Å². The molecule has 1 aliphatic rings. The zero-order valence-electron chi connectivity index (χ0n) is 17.0. The van der Waals surface area contributed by atoms with Crippen LogP contribution in [0.5, 0.6) is 0 Å². The van der Waals surface area contributed by atoms with Gasteiger partial charge in [0.1, 0.15) is 0 Å². The highest BCUT2D eigenvalue weighted by Crippen LogP contribution is 2.19. The van der Waals surface area contributed by atoms with Gasteiger partial charge in [-0.05, 0) is 63.4 Å². The number of piperidine rings is 1. The van der Waals surface area contributed by atoms with Crippen molar-refractivity contribution >= 4 is 5.91 Å². The molecule has 150 valence electrons. The molecule has 5 nitrogen and oxygen atoms in total. The predicted octanol–water partition coefficient (Wildman–Crippen LogP) is 2.96. The fourth-order valence-electron chi connectivity index (χ4n) is 3.84. The number of nitrogens with one attached hydrogen (secondary N) is 1. The lowest BCUT2D eigenvalue weighted by molar-refractivity contribution is 0.0700. The van der Waals surface area contributed by atoms with Crippen LogP contribution in [0.2, 0.25) is 0 Å². The average molecular weight is 382 g/mol. The zero-order chi connectivity index (χ0) is 19.9. The van der Waals surface area contributed by atoms with Crippen LogP contribution in [0.1, 0.15) is 41.4 Å². The second-order valence-corrected chi connectivity index (χ2v) is 7.85. The van der Waals surface area contributed by atoms with Crippen molar-refractivity contribution in [1.29, 1.82) is 0 Å². The molecule has 3 rings (SSSR count). The summed E-state index contributed by atoms with van der Waals surface area (Å²) in [4.78, 5) is 32.4. The van der Waals surface area contributed by atoms with Gasteiger partial charge in [-0.1, -0.05) is 37.3 Å². The Morgan fingerprint density at radius 3 is 2.57 bits per heavy atom. The van der Waals surface area contributed by atoms with E-state index in [1.807, 2.05) is 36.1 Å². The van der Waals surface area contributed by atoms with Crippen LogP contribution in [-0.4, -0.2) is 53.9 Å². The summed E-state index contributed by atoms with van der Waals surface area (Å²) >= 11 is 0. The molecule has 0 unspecified atom stereocenters. The third-order valence-electron chi connectivity index (χ3n) is 5.65. The summed E-state index contributed by atoms with van der Waals surface area (Å²) in [5.74, 6) is 0.485. The molecule has 0 atom stereocenters. The second kappa shape index (κ2) is 9.69. The smallest absolute Gasteiger partial charge is 0.254 e. The highest BCUT2D eigenvalue weighted by molar-refractivity contribution is 5.94. The summed E-state index contributed by atoms with van der Waals surface area (Å²) in [6.45, 7) is 5.56. The molecular formula is C23H31N3O2. The third kappa shape index (κ3) is 5.55. The Morgan fingerprint density at radius 1 is 1.18 bits per heavy atom. The lowest BCUT2D eigenvalue weighted by Crippen LogP contribution is -2.41. The first kappa shape index (κ1) is 20.3. The van der Waals surface area contributed by atoms with Crippen LogP contribution >= 0.6 is 0 Å². The Kier molecular flexibility index (Phi) is 7.04. The van der Waals surface area contributed by atoms with Gasteiger partial charge < -0.3 is 14.8 Å². The molecule has 2 heterocycles. The quantitative estimate of drug-likeness (QED) is 0.802. The van der Waals surface area contributed by atoms with Crippen LogP contribution in [0.3, 0.4) is 0 Å². The summed E-state index contributed by atoms with van der Waals surface area (Å²) in [5, 5.41) is 0. The van der Waals surface area contributed by atoms with E-state index in [-0.39, 0.29) is 11.5 Å². The highest BCUT2D eigenvalue weighted by Gasteiger charge is 2.23. The molecular weight excluding hydrogens is 350 g/mol. The van der Waals surface area contributed by atoms with E-state index in [0.717, 1.165) is 44.6 Å². The van der Waals surface area contributed by atoms with Crippen molar-refractivity contribution in [2.24, 2.45) is 5.92 Å². The molecule has 5 heteroatoms. The maximum Gasteiger partial charge on any atom is 0.254 e. The zero-order valence-corrected chi connectivity index (χ0v) is 17.0. The Hall–Kier alpha value is -2.40. The van der Waals surface area contributed by atoms with E-state index in [4.69, 9.17) is 0 Å². The van der Waals surface area contributed by atoms with Gasteiger partial charge in [-0.15, -0.1) is 0 Å². The minimum atomic E-state index is -0.204. The second-order valence-electron chi connectivity index (χ2n) is 7.85. The molecule has 28 heavy (non-hydrogen) atoms. The van der Waals surface area contributed by atoms with Gasteiger partial charge in [0.25, 0.3) is 5.91 Å². The summed E-state index contributed by atoms with van der Waals surface area (Å²) < 4.78 is 0. The number of hydrogen-bond donors (Lipinski definition) is 1. The summed E-state index contributed by atoms with van der Waals surface area (Å²) in [6.07, 6.45) is 3.75. The molecule has 1 aliphatic heterocycles. The van der Waals surface area contributed by atoms with E-state index in [9.17, 15) is 9.59 Å². The number of H-pyrrole nitrogens is 1. The van der Waals surface area contributed by atoms with Crippen molar-refractivity contribution in [2.45, 2.75) is 32.6 Å². The van der Waals surface area contributed by atoms with E-state index in [1.54, 1.807) is 0 Å². The monoisotopic (exact) mass is 381 g/mol. The molecule has 0 aliphatic carbocycles. The number of amides is 1. The Morgan fingerprint density at radius 2 is 1.89 bits per heavy atom. The van der Waals surface area contributed by atoms with Crippen molar-refractivity contribution in [3.05, 3.63) is 69.6 Å². The van der Waals surface area contributed by atoms with E-state index in [0.29, 0.717) is 24.4 Å². The molecule has 2 aromatic rings. The van der Waals surface area contributed by atoms with Gasteiger partial charge in [-0.2, -0.15) is 0 Å². The number of rotatable bonds is 7. The van der Waals surface area contributed by atoms with Crippen molar-refractivity contribution in [2.75, 3.05) is 33.2 Å². The maximum atomic E-state index is 13.3. The number of nitrogens with zero attached hydrogens (tertiary/aromatic N) is 2. The molecule has 0 spiro atoms. The topological polar surface area (TPSA) is 56.4 Å². The molecule has 1 aromatic heterocycles. The van der Waals surface area contributed by atoms with Gasteiger partial charge >= 0.3 is 0 Å². The number of aromatic amines is 1. The first-order valence-corrected chi connectivity index (χ1v) is 10.3. The fraction of sp³-hybridized carbons (Fsp3) is 0.478. The van der Waals surface area contributed by atoms with E-state index >= 15 is 0 Å². The normalized spacial score (nSPS) is 15.5. The molecule has 1 fully saturated rings. The first-order chi connectivity index (χ1) is 13.5. The van der Waals surface area contributed by atoms with Crippen LogP contribution in [-0.2, 0) is 12.8 Å². The number of likely N-dealkylation sites (tertiary alicyclic amines) is 1. The molecule has 0 bridgehead atoms. The van der Waals surface area contributed by atoms with Crippen molar-refractivity contribution in [3.8, 4) is 0 Å². The Balaban J connectivity index is 1.76. The minimum absolute atomic E-state index is 0.0318. The number of pyridine rings is 1. The molecule has 1 aromatic carbocycles. The number of benzene rings is 1. The average Bonchev–Trinajstić information content (AvgIpc) is 2.72. The standard InChI is InChI=1S/C23H31N3O2/c1-3-21-15-20(16-22(27)24-21)23(28)26(14-11-18-7-5-4-6-8-18)17-19-9-12-25(2)13-10-19/h4-8,15-16,19H,3,9-14,17H2,1-2H3,(H,24,27). The summed E-state index contributed by atoms with van der Waals surface area (Å²) in [7, 11) is 2.15. The van der Waals surface area contributed by atoms with Crippen molar-refractivity contribution < 1.29 is 4.79 Å². The number of aryl methyl sites for hydroxylation is 1. The van der Waals surface area contributed by atoms with Gasteiger partial charge in [-0.25, -0.2) is 0 Å². The van der Waals surface area contributed by atoms with Crippen molar-refractivity contribution in [3.63, 3.8) is 0 Å². The number of carbonyl (C=O) groups excluding carboxylic acids is 1. The number of aromatic nitrogens is 1. The summed E-state index contributed by atoms with van der Waals surface area (Å²) in [5.41, 5.74) is 2.33. The molecule has 1 saturated heterocycles. The van der Waals surface area contributed by atoms with E-state index in [1.165, 1.54) is 11.6 Å². The van der Waals surface area contributed by atoms with Crippen LogP contribution < -0.4 is 5.56 Å². The van der Waals surface area contributed by atoms with E-state index < -0.39 is 0 Å². The molecule has 0 radical (unpaired) electrons. The lowest BCUT2D eigenvalue weighted by Gasteiger charge is -2.33. The largest absolute Gasteiger partial charge is 0.338 e. The number of hydrogen-bond acceptors (Lipinski definition) is 3. The Bertz CT molecular complexity index is 823. The maximum absolute atomic E-state index is 13.3. The van der Waals surface area contributed by atoms with Gasteiger partial charge in [-0.3, -0.25) is 9.59 Å². The molecule has 1 N–H and O–H groups in total.